The number of rotatable bonds is 4. The second-order valence-electron chi connectivity index (χ2n) is 4.11. The van der Waals surface area contributed by atoms with Gasteiger partial charge in [0.2, 0.25) is 0 Å². The third kappa shape index (κ3) is 3.76. The Balaban J connectivity index is 1.96. The van der Waals surface area contributed by atoms with Gasteiger partial charge in [-0.1, -0.05) is 48.1 Å². The van der Waals surface area contributed by atoms with Crippen molar-refractivity contribution in [3.8, 4) is 0 Å². The normalized spacial score (nSPS) is 10.1. The van der Waals surface area contributed by atoms with Crippen LogP contribution in [0.2, 0.25) is 5.02 Å². The van der Waals surface area contributed by atoms with Crippen molar-refractivity contribution in [2.75, 3.05) is 0 Å². The molecule has 0 bridgehead atoms. The van der Waals surface area contributed by atoms with Crippen LogP contribution in [-0.2, 0) is 6.54 Å². The molecule has 0 saturated carbocycles. The number of thiocarbonyl (C=S) groups is 1. The molecule has 1 aromatic carbocycles. The van der Waals surface area contributed by atoms with E-state index in [2.05, 4.69) is 10.3 Å². The maximum atomic E-state index is 11.8. The fraction of sp³-hybridized carbons (Fsp3) is 0.0714. The molecule has 4 nitrogen and oxygen atoms in total. The van der Waals surface area contributed by atoms with Gasteiger partial charge in [-0.25, -0.2) is 4.98 Å². The van der Waals surface area contributed by atoms with Crippen molar-refractivity contribution >= 4 is 34.7 Å². The van der Waals surface area contributed by atoms with E-state index in [0.29, 0.717) is 22.2 Å². The molecule has 0 aliphatic heterocycles. The quantitative estimate of drug-likeness (QED) is 0.851. The zero-order valence-corrected chi connectivity index (χ0v) is 12.0. The Kier molecular flexibility index (Phi) is 4.65. The zero-order chi connectivity index (χ0) is 14.5. The maximum absolute atomic E-state index is 11.8. The first kappa shape index (κ1) is 14.4. The zero-order valence-electron chi connectivity index (χ0n) is 10.5. The number of aromatic nitrogens is 1. The van der Waals surface area contributed by atoms with Crippen LogP contribution >= 0.6 is 23.8 Å². The number of amides is 1. The van der Waals surface area contributed by atoms with Crippen LogP contribution in [0.4, 0.5) is 0 Å². The second-order valence-corrected chi connectivity index (χ2v) is 4.98. The molecule has 2 aromatic rings. The van der Waals surface area contributed by atoms with Crippen LogP contribution in [0, 0.1) is 0 Å². The predicted molar refractivity (Wildman–Crippen MR) is 82.7 cm³/mol. The lowest BCUT2D eigenvalue weighted by Crippen LogP contribution is -2.23. The van der Waals surface area contributed by atoms with E-state index in [0.717, 1.165) is 11.1 Å². The van der Waals surface area contributed by atoms with E-state index in [-0.39, 0.29) is 5.91 Å². The summed E-state index contributed by atoms with van der Waals surface area (Å²) in [7, 11) is 0. The summed E-state index contributed by atoms with van der Waals surface area (Å²) < 4.78 is 0. The highest BCUT2D eigenvalue weighted by molar-refractivity contribution is 7.80. The van der Waals surface area contributed by atoms with Crippen LogP contribution in [0.15, 0.2) is 42.6 Å². The van der Waals surface area contributed by atoms with Gasteiger partial charge in [0.1, 0.15) is 10.7 Å². The highest BCUT2D eigenvalue weighted by atomic mass is 35.5. The van der Waals surface area contributed by atoms with Crippen LogP contribution in [-0.4, -0.2) is 15.9 Å². The van der Waals surface area contributed by atoms with Gasteiger partial charge in [0, 0.05) is 18.3 Å². The third-order valence-electron chi connectivity index (χ3n) is 2.65. The maximum Gasteiger partial charge on any atom is 0.270 e. The number of pyridine rings is 1. The minimum absolute atomic E-state index is 0.250. The van der Waals surface area contributed by atoms with E-state index in [4.69, 9.17) is 29.6 Å². The van der Waals surface area contributed by atoms with Crippen molar-refractivity contribution in [3.05, 3.63) is 64.4 Å². The van der Waals surface area contributed by atoms with Gasteiger partial charge in [-0.3, -0.25) is 4.79 Å². The number of nitrogens with one attached hydrogen (secondary N) is 1. The molecule has 0 aliphatic carbocycles. The average Bonchev–Trinajstić information content (AvgIpc) is 2.46. The molecule has 2 rings (SSSR count). The lowest BCUT2D eigenvalue weighted by Gasteiger charge is -2.06. The smallest absolute Gasteiger partial charge is 0.270 e. The van der Waals surface area contributed by atoms with Gasteiger partial charge in [0.25, 0.3) is 5.91 Å². The molecule has 0 aliphatic rings. The summed E-state index contributed by atoms with van der Waals surface area (Å²) in [5.41, 5.74) is 7.60. The van der Waals surface area contributed by atoms with E-state index < -0.39 is 0 Å². The first-order chi connectivity index (χ1) is 9.56. The molecule has 0 atom stereocenters. The molecule has 0 unspecified atom stereocenters. The van der Waals surface area contributed by atoms with Gasteiger partial charge in [0.05, 0.1) is 5.02 Å². The molecule has 3 N–H and O–H groups in total. The number of nitrogens with zero attached hydrogens (tertiary/aromatic N) is 1. The summed E-state index contributed by atoms with van der Waals surface area (Å²) in [6, 6.07) is 10.6. The number of carbonyl (C=O) groups is 1. The van der Waals surface area contributed by atoms with Crippen molar-refractivity contribution in [2.45, 2.75) is 6.54 Å². The molecule has 1 aromatic heterocycles. The number of benzene rings is 1. The molecule has 20 heavy (non-hydrogen) atoms. The van der Waals surface area contributed by atoms with Crippen LogP contribution < -0.4 is 11.1 Å². The van der Waals surface area contributed by atoms with E-state index in [1.165, 1.54) is 6.20 Å². The Hall–Kier alpha value is -1.98. The summed E-state index contributed by atoms with van der Waals surface area (Å²) >= 11 is 10.6. The van der Waals surface area contributed by atoms with E-state index in [1.54, 1.807) is 12.1 Å². The van der Waals surface area contributed by atoms with E-state index in [1.807, 2.05) is 24.3 Å². The van der Waals surface area contributed by atoms with Crippen molar-refractivity contribution in [1.82, 2.24) is 10.3 Å². The molecule has 0 saturated heterocycles. The molecule has 0 radical (unpaired) electrons. The predicted octanol–water partition coefficient (Wildman–Crippen LogP) is 2.30. The first-order valence-corrected chi connectivity index (χ1v) is 6.63. The van der Waals surface area contributed by atoms with Gasteiger partial charge in [-0.2, -0.15) is 0 Å². The molecule has 6 heteroatoms. The fourth-order valence-electron chi connectivity index (χ4n) is 1.57. The Labute approximate surface area is 127 Å². The van der Waals surface area contributed by atoms with E-state index in [9.17, 15) is 4.79 Å². The van der Waals surface area contributed by atoms with Gasteiger partial charge < -0.3 is 11.1 Å². The first-order valence-electron chi connectivity index (χ1n) is 5.85. The molecule has 1 heterocycles. The Morgan fingerprint density at radius 3 is 2.50 bits per heavy atom. The summed E-state index contributed by atoms with van der Waals surface area (Å²) in [5, 5.41) is 3.27. The highest BCUT2D eigenvalue weighted by Gasteiger charge is 2.06. The van der Waals surface area contributed by atoms with Crippen molar-refractivity contribution < 1.29 is 4.79 Å². The highest BCUT2D eigenvalue weighted by Crippen LogP contribution is 2.07. The minimum atomic E-state index is -0.250. The van der Waals surface area contributed by atoms with Gasteiger partial charge in [-0.15, -0.1) is 0 Å². The molecule has 102 valence electrons. The third-order valence-corrected chi connectivity index (χ3v) is 3.11. The SMILES string of the molecule is NC(=S)c1ccc(CNC(=O)c2ccc(Cl)cn2)cc1. The second kappa shape index (κ2) is 6.45. The number of hydrogen-bond acceptors (Lipinski definition) is 3. The van der Waals surface area contributed by atoms with Crippen LogP contribution in [0.25, 0.3) is 0 Å². The number of hydrogen-bond donors (Lipinski definition) is 2. The molecular formula is C14H12ClN3OS. The topological polar surface area (TPSA) is 68.0 Å². The van der Waals surface area contributed by atoms with Crippen molar-refractivity contribution in [1.29, 1.82) is 0 Å². The summed E-state index contributed by atoms with van der Waals surface area (Å²) in [6.45, 7) is 0.404. The van der Waals surface area contributed by atoms with Gasteiger partial charge in [-0.05, 0) is 17.7 Å². The summed E-state index contributed by atoms with van der Waals surface area (Å²) in [6.07, 6.45) is 1.44. The van der Waals surface area contributed by atoms with Gasteiger partial charge in [0.15, 0.2) is 0 Å². The Morgan fingerprint density at radius 2 is 1.95 bits per heavy atom. The van der Waals surface area contributed by atoms with Gasteiger partial charge >= 0.3 is 0 Å². The Morgan fingerprint density at radius 1 is 1.25 bits per heavy atom. The number of carbonyl (C=O) groups excluding carboxylic acids is 1. The summed E-state index contributed by atoms with van der Waals surface area (Å²) in [5.74, 6) is -0.250. The minimum Gasteiger partial charge on any atom is -0.389 e. The van der Waals surface area contributed by atoms with E-state index >= 15 is 0 Å². The lowest BCUT2D eigenvalue weighted by molar-refractivity contribution is 0.0946. The molecule has 1 amide bonds. The largest absolute Gasteiger partial charge is 0.389 e. The Bertz CT molecular complexity index is 626. The molecule has 0 fully saturated rings. The number of halogens is 1. The van der Waals surface area contributed by atoms with Crippen LogP contribution in [0.1, 0.15) is 21.6 Å². The molecule has 0 spiro atoms. The fourth-order valence-corrected chi connectivity index (χ4v) is 1.82. The van der Waals surface area contributed by atoms with Crippen molar-refractivity contribution in [2.24, 2.45) is 5.73 Å². The molecular weight excluding hydrogens is 294 g/mol. The van der Waals surface area contributed by atoms with Crippen LogP contribution in [0.3, 0.4) is 0 Å². The standard InChI is InChI=1S/C14H12ClN3OS/c15-11-5-6-12(17-8-11)14(19)18-7-9-1-3-10(4-2-9)13(16)20/h1-6,8H,7H2,(H2,16,20)(H,18,19). The summed E-state index contributed by atoms with van der Waals surface area (Å²) in [4.78, 5) is 16.1. The monoisotopic (exact) mass is 305 g/mol. The lowest BCUT2D eigenvalue weighted by atomic mass is 10.1. The van der Waals surface area contributed by atoms with Crippen LogP contribution in [0.5, 0.6) is 0 Å². The number of nitrogens with two attached hydrogens (primary N) is 1. The average molecular weight is 306 g/mol. The van der Waals surface area contributed by atoms with Crippen molar-refractivity contribution in [3.63, 3.8) is 0 Å².